The van der Waals surface area contributed by atoms with Crippen LogP contribution in [0.25, 0.3) is 0 Å². The molecule has 0 fully saturated rings. The lowest BCUT2D eigenvalue weighted by atomic mass is 10.1. The molecular weight excluding hydrogens is 280 g/mol. The molecule has 0 atom stereocenters. The number of aromatic hydroxyl groups is 1. The van der Waals surface area contributed by atoms with Gasteiger partial charge >= 0.3 is 0 Å². The second-order valence-electron chi connectivity index (χ2n) is 5.04. The molecule has 4 heteroatoms. The summed E-state index contributed by atoms with van der Waals surface area (Å²) in [5.41, 5.74) is 4.65. The molecule has 3 N–H and O–H groups in total. The van der Waals surface area contributed by atoms with Crippen LogP contribution in [0.4, 0.5) is 5.69 Å². The van der Waals surface area contributed by atoms with Crippen molar-refractivity contribution in [2.75, 3.05) is 11.9 Å². The van der Waals surface area contributed by atoms with Crippen molar-refractivity contribution in [2.45, 2.75) is 20.3 Å². The Morgan fingerprint density at radius 2 is 1.81 bits per heavy atom. The molecule has 0 radical (unpaired) electrons. The van der Waals surface area contributed by atoms with Gasteiger partial charge in [-0.1, -0.05) is 24.3 Å². The van der Waals surface area contributed by atoms with Crippen molar-refractivity contribution >= 4 is 23.0 Å². The van der Waals surface area contributed by atoms with Crippen LogP contribution in [-0.4, -0.2) is 16.8 Å². The van der Waals surface area contributed by atoms with E-state index in [2.05, 4.69) is 30.5 Å². The number of rotatable bonds is 4. The predicted molar refractivity (Wildman–Crippen MR) is 92.0 cm³/mol. The third-order valence-electron chi connectivity index (χ3n) is 3.49. The van der Waals surface area contributed by atoms with E-state index >= 15 is 0 Å². The van der Waals surface area contributed by atoms with Gasteiger partial charge in [-0.3, -0.25) is 0 Å². The number of phenolic OH excluding ortho intramolecular Hbond substituents is 1. The highest BCUT2D eigenvalue weighted by Crippen LogP contribution is 2.17. The van der Waals surface area contributed by atoms with E-state index in [9.17, 15) is 5.11 Å². The fourth-order valence-electron chi connectivity index (χ4n) is 2.04. The van der Waals surface area contributed by atoms with E-state index in [1.54, 1.807) is 12.1 Å². The summed E-state index contributed by atoms with van der Waals surface area (Å²) in [4.78, 5) is 0. The molecule has 0 aromatic heterocycles. The number of hydrogen-bond acceptors (Lipinski definition) is 2. The summed E-state index contributed by atoms with van der Waals surface area (Å²) in [5, 5.41) is 16.3. The van der Waals surface area contributed by atoms with Gasteiger partial charge in [0.15, 0.2) is 5.11 Å². The SMILES string of the molecule is Cc1cccc(NC(=S)NCCc2ccc(O)cc2)c1C. The van der Waals surface area contributed by atoms with Gasteiger partial charge in [-0.15, -0.1) is 0 Å². The van der Waals surface area contributed by atoms with Gasteiger partial charge in [-0.05, 0) is 67.4 Å². The maximum atomic E-state index is 9.24. The molecule has 0 aliphatic rings. The second-order valence-corrected chi connectivity index (χ2v) is 5.45. The van der Waals surface area contributed by atoms with E-state index in [-0.39, 0.29) is 0 Å². The molecule has 0 heterocycles. The van der Waals surface area contributed by atoms with Gasteiger partial charge in [0, 0.05) is 12.2 Å². The number of thiocarbonyl (C=S) groups is 1. The minimum absolute atomic E-state index is 0.291. The summed E-state index contributed by atoms with van der Waals surface area (Å²) in [6, 6.07) is 13.3. The quantitative estimate of drug-likeness (QED) is 0.756. The average Bonchev–Trinajstić information content (AvgIpc) is 2.46. The first-order valence-corrected chi connectivity index (χ1v) is 7.36. The Balaban J connectivity index is 1.82. The fourth-order valence-corrected chi connectivity index (χ4v) is 2.25. The maximum Gasteiger partial charge on any atom is 0.170 e. The van der Waals surface area contributed by atoms with Crippen LogP contribution in [0.5, 0.6) is 5.75 Å². The number of anilines is 1. The minimum atomic E-state index is 0.291. The lowest BCUT2D eigenvalue weighted by Gasteiger charge is -2.13. The molecule has 3 nitrogen and oxygen atoms in total. The van der Waals surface area contributed by atoms with E-state index in [0.717, 1.165) is 24.2 Å². The number of aryl methyl sites for hydroxylation is 1. The average molecular weight is 300 g/mol. The molecule has 2 rings (SSSR count). The van der Waals surface area contributed by atoms with Crippen molar-refractivity contribution < 1.29 is 5.11 Å². The molecule has 0 aliphatic heterocycles. The molecule has 0 unspecified atom stereocenters. The number of benzene rings is 2. The molecule has 0 spiro atoms. The Hall–Kier alpha value is -2.07. The molecule has 21 heavy (non-hydrogen) atoms. The standard InChI is InChI=1S/C17H20N2OS/c1-12-4-3-5-16(13(12)2)19-17(21)18-11-10-14-6-8-15(20)9-7-14/h3-9,20H,10-11H2,1-2H3,(H2,18,19,21). The van der Waals surface area contributed by atoms with Crippen LogP contribution < -0.4 is 10.6 Å². The number of nitrogens with one attached hydrogen (secondary N) is 2. The van der Waals surface area contributed by atoms with Crippen molar-refractivity contribution in [3.8, 4) is 5.75 Å². The predicted octanol–water partition coefficient (Wildman–Crippen LogP) is 3.54. The monoisotopic (exact) mass is 300 g/mol. The van der Waals surface area contributed by atoms with Gasteiger partial charge in [0.1, 0.15) is 5.75 Å². The van der Waals surface area contributed by atoms with Gasteiger partial charge in [0.2, 0.25) is 0 Å². The normalized spacial score (nSPS) is 10.2. The van der Waals surface area contributed by atoms with E-state index < -0.39 is 0 Å². The van der Waals surface area contributed by atoms with Crippen LogP contribution in [0.1, 0.15) is 16.7 Å². The molecular formula is C17H20N2OS. The van der Waals surface area contributed by atoms with Gasteiger partial charge in [-0.25, -0.2) is 0 Å². The zero-order valence-electron chi connectivity index (χ0n) is 12.3. The summed E-state index contributed by atoms with van der Waals surface area (Å²) in [6.07, 6.45) is 0.856. The van der Waals surface area contributed by atoms with Gasteiger partial charge < -0.3 is 15.7 Å². The van der Waals surface area contributed by atoms with Crippen LogP contribution in [0.15, 0.2) is 42.5 Å². The van der Waals surface area contributed by atoms with E-state index in [1.807, 2.05) is 24.3 Å². The van der Waals surface area contributed by atoms with Crippen LogP contribution in [0, 0.1) is 13.8 Å². The Labute approximate surface area is 131 Å². The van der Waals surface area contributed by atoms with Gasteiger partial charge in [0.25, 0.3) is 0 Å². The van der Waals surface area contributed by atoms with Crippen LogP contribution in [0.2, 0.25) is 0 Å². The van der Waals surface area contributed by atoms with E-state index in [4.69, 9.17) is 12.2 Å². The van der Waals surface area contributed by atoms with Gasteiger partial charge in [0.05, 0.1) is 0 Å². The Kier molecular flexibility index (Phi) is 5.17. The van der Waals surface area contributed by atoms with Crippen molar-refractivity contribution in [1.29, 1.82) is 0 Å². The minimum Gasteiger partial charge on any atom is -0.508 e. The first kappa shape index (κ1) is 15.3. The lowest BCUT2D eigenvalue weighted by molar-refractivity contribution is 0.475. The van der Waals surface area contributed by atoms with Crippen molar-refractivity contribution in [3.63, 3.8) is 0 Å². The molecule has 0 amide bonds. The molecule has 2 aromatic carbocycles. The lowest BCUT2D eigenvalue weighted by Crippen LogP contribution is -2.30. The second kappa shape index (κ2) is 7.09. The zero-order valence-corrected chi connectivity index (χ0v) is 13.1. The first-order chi connectivity index (χ1) is 10.1. The molecule has 0 saturated carbocycles. The summed E-state index contributed by atoms with van der Waals surface area (Å²) < 4.78 is 0. The third kappa shape index (κ3) is 4.46. The molecule has 110 valence electrons. The smallest absolute Gasteiger partial charge is 0.170 e. The van der Waals surface area contributed by atoms with Crippen molar-refractivity contribution in [2.24, 2.45) is 0 Å². The van der Waals surface area contributed by atoms with Gasteiger partial charge in [-0.2, -0.15) is 0 Å². The summed E-state index contributed by atoms with van der Waals surface area (Å²) in [7, 11) is 0. The van der Waals surface area contributed by atoms with E-state index in [1.165, 1.54) is 11.1 Å². The molecule has 0 saturated heterocycles. The maximum absolute atomic E-state index is 9.24. The van der Waals surface area contributed by atoms with Crippen molar-refractivity contribution in [1.82, 2.24) is 5.32 Å². The first-order valence-electron chi connectivity index (χ1n) is 6.95. The summed E-state index contributed by atoms with van der Waals surface area (Å²) in [6.45, 7) is 4.92. The van der Waals surface area contributed by atoms with E-state index in [0.29, 0.717) is 10.9 Å². The highest BCUT2D eigenvalue weighted by molar-refractivity contribution is 7.80. The topological polar surface area (TPSA) is 44.3 Å². The van der Waals surface area contributed by atoms with Crippen molar-refractivity contribution in [3.05, 3.63) is 59.2 Å². The zero-order chi connectivity index (χ0) is 15.2. The number of phenols is 1. The number of hydrogen-bond donors (Lipinski definition) is 3. The molecule has 0 aliphatic carbocycles. The highest BCUT2D eigenvalue weighted by atomic mass is 32.1. The summed E-state index contributed by atoms with van der Waals surface area (Å²) in [5.74, 6) is 0.291. The molecule has 2 aromatic rings. The van der Waals surface area contributed by atoms with Crippen LogP contribution in [-0.2, 0) is 6.42 Å². The molecule has 0 bridgehead atoms. The summed E-state index contributed by atoms with van der Waals surface area (Å²) >= 11 is 5.31. The third-order valence-corrected chi connectivity index (χ3v) is 3.73. The fraction of sp³-hybridized carbons (Fsp3) is 0.235. The highest BCUT2D eigenvalue weighted by Gasteiger charge is 2.02. The van der Waals surface area contributed by atoms with Crippen LogP contribution in [0.3, 0.4) is 0 Å². The Morgan fingerprint density at radius 3 is 2.52 bits per heavy atom. The Morgan fingerprint density at radius 1 is 1.10 bits per heavy atom. The largest absolute Gasteiger partial charge is 0.508 e. The van der Waals surface area contributed by atoms with Crippen LogP contribution >= 0.6 is 12.2 Å². The Bertz CT molecular complexity index is 623.